The molecule has 0 radical (unpaired) electrons. The Kier molecular flexibility index (Phi) is 4.15. The Bertz CT molecular complexity index is 682. The number of carbonyl (C=O) groups excluding carboxylic acids is 1. The number of methoxy groups -OCH3 is 1. The van der Waals surface area contributed by atoms with Gasteiger partial charge in [-0.2, -0.15) is 0 Å². The van der Waals surface area contributed by atoms with Gasteiger partial charge in [-0.15, -0.1) is 11.3 Å². The fourth-order valence-corrected chi connectivity index (χ4v) is 3.24. The average molecular weight is 314 g/mol. The summed E-state index contributed by atoms with van der Waals surface area (Å²) in [7, 11) is 2.98. The molecule has 0 spiro atoms. The molecule has 0 unspecified atom stereocenters. The van der Waals surface area contributed by atoms with Crippen molar-refractivity contribution in [3.8, 4) is 5.75 Å². The lowest BCUT2D eigenvalue weighted by atomic mass is 10.2. The summed E-state index contributed by atoms with van der Waals surface area (Å²) in [6, 6.07) is 5.35. The maximum absolute atomic E-state index is 12.2. The van der Waals surface area contributed by atoms with Crippen molar-refractivity contribution in [1.29, 1.82) is 0 Å². The second-order valence-electron chi connectivity index (χ2n) is 4.16. The van der Waals surface area contributed by atoms with Gasteiger partial charge in [0, 0.05) is 17.1 Å². The van der Waals surface area contributed by atoms with Crippen molar-refractivity contribution >= 4 is 44.9 Å². The summed E-state index contributed by atoms with van der Waals surface area (Å²) in [4.78, 5) is 24.3. The first kappa shape index (κ1) is 14.6. The largest absolute Gasteiger partial charge is 0.497 e. The van der Waals surface area contributed by atoms with Crippen LogP contribution in [0.25, 0.3) is 10.1 Å². The molecular weight excluding hydrogens is 302 g/mol. The first-order valence-corrected chi connectivity index (χ1v) is 6.86. The number of thiophene rings is 1. The van der Waals surface area contributed by atoms with E-state index in [1.165, 1.54) is 18.4 Å². The highest BCUT2D eigenvalue weighted by Crippen LogP contribution is 2.37. The number of hydrogen-bond acceptors (Lipinski definition) is 4. The molecular formula is C13H12ClNO4S. The Morgan fingerprint density at radius 1 is 1.45 bits per heavy atom. The highest BCUT2D eigenvalue weighted by molar-refractivity contribution is 7.21. The van der Waals surface area contributed by atoms with Crippen LogP contribution in [-0.2, 0) is 4.79 Å². The number of amides is 1. The van der Waals surface area contributed by atoms with Crippen LogP contribution >= 0.6 is 22.9 Å². The number of carboxylic acid groups (broad SMARTS) is 1. The third-order valence-electron chi connectivity index (χ3n) is 2.75. The number of benzene rings is 1. The molecule has 1 aromatic heterocycles. The molecule has 0 bridgehead atoms. The van der Waals surface area contributed by atoms with Gasteiger partial charge in [-0.3, -0.25) is 9.59 Å². The highest BCUT2D eigenvalue weighted by Gasteiger charge is 2.21. The summed E-state index contributed by atoms with van der Waals surface area (Å²) in [5, 5.41) is 9.77. The van der Waals surface area contributed by atoms with Crippen molar-refractivity contribution in [3.05, 3.63) is 28.1 Å². The van der Waals surface area contributed by atoms with E-state index < -0.39 is 11.9 Å². The molecule has 1 heterocycles. The third kappa shape index (κ3) is 2.71. The summed E-state index contributed by atoms with van der Waals surface area (Å²) in [6.45, 7) is -0.368. The molecule has 1 N–H and O–H groups in total. The maximum Gasteiger partial charge on any atom is 0.323 e. The Labute approximate surface area is 124 Å². The van der Waals surface area contributed by atoms with Crippen molar-refractivity contribution in [2.75, 3.05) is 20.7 Å². The number of likely N-dealkylation sites (N-methyl/N-ethyl adjacent to an activating group) is 1. The lowest BCUT2D eigenvalue weighted by molar-refractivity contribution is -0.137. The third-order valence-corrected chi connectivity index (χ3v) is 4.41. The van der Waals surface area contributed by atoms with E-state index in [1.54, 1.807) is 19.2 Å². The number of aliphatic carboxylic acids is 1. The molecule has 1 aromatic carbocycles. The summed E-state index contributed by atoms with van der Waals surface area (Å²) in [5.41, 5.74) is 0. The second-order valence-corrected chi connectivity index (χ2v) is 5.59. The molecule has 0 atom stereocenters. The standard InChI is InChI=1S/C13H12ClNO4S/c1-15(6-10(16)17)13(18)12-11(14)8-5-7(19-2)3-4-9(8)20-12/h3-5H,6H2,1-2H3,(H,16,17). The van der Waals surface area contributed by atoms with E-state index in [2.05, 4.69) is 0 Å². The van der Waals surface area contributed by atoms with E-state index in [0.717, 1.165) is 15.0 Å². The summed E-state index contributed by atoms with van der Waals surface area (Å²) in [5.74, 6) is -0.826. The second kappa shape index (κ2) is 5.68. The quantitative estimate of drug-likeness (QED) is 0.942. The molecule has 2 rings (SSSR count). The van der Waals surface area contributed by atoms with Crippen LogP contribution in [0.15, 0.2) is 18.2 Å². The minimum Gasteiger partial charge on any atom is -0.497 e. The van der Waals surface area contributed by atoms with Crippen molar-refractivity contribution in [3.63, 3.8) is 0 Å². The Morgan fingerprint density at radius 3 is 2.75 bits per heavy atom. The van der Waals surface area contributed by atoms with Gasteiger partial charge in [-0.05, 0) is 18.2 Å². The molecule has 1 amide bonds. The van der Waals surface area contributed by atoms with Gasteiger partial charge in [0.05, 0.1) is 12.1 Å². The molecule has 0 fully saturated rings. The number of fused-ring (bicyclic) bond motifs is 1. The molecule has 0 aliphatic rings. The van der Waals surface area contributed by atoms with E-state index in [0.29, 0.717) is 15.6 Å². The van der Waals surface area contributed by atoms with Gasteiger partial charge in [-0.25, -0.2) is 0 Å². The van der Waals surface area contributed by atoms with Gasteiger partial charge in [-0.1, -0.05) is 11.6 Å². The first-order valence-electron chi connectivity index (χ1n) is 5.67. The number of nitrogens with zero attached hydrogens (tertiary/aromatic N) is 1. The molecule has 20 heavy (non-hydrogen) atoms. The fraction of sp³-hybridized carbons (Fsp3) is 0.231. The topological polar surface area (TPSA) is 66.8 Å². The summed E-state index contributed by atoms with van der Waals surface area (Å²) >= 11 is 7.46. The van der Waals surface area contributed by atoms with Crippen molar-refractivity contribution < 1.29 is 19.4 Å². The Hall–Kier alpha value is -1.79. The van der Waals surface area contributed by atoms with Gasteiger partial charge in [0.25, 0.3) is 5.91 Å². The smallest absolute Gasteiger partial charge is 0.323 e. The van der Waals surface area contributed by atoms with E-state index in [1.807, 2.05) is 6.07 Å². The van der Waals surface area contributed by atoms with Crippen LogP contribution in [0, 0.1) is 0 Å². The van der Waals surface area contributed by atoms with E-state index >= 15 is 0 Å². The van der Waals surface area contributed by atoms with Crippen LogP contribution in [0.1, 0.15) is 9.67 Å². The van der Waals surface area contributed by atoms with Crippen molar-refractivity contribution in [1.82, 2.24) is 4.90 Å². The fourth-order valence-electron chi connectivity index (χ4n) is 1.76. The maximum atomic E-state index is 12.2. The summed E-state index contributed by atoms with van der Waals surface area (Å²) < 4.78 is 5.97. The molecule has 106 valence electrons. The van der Waals surface area contributed by atoms with Crippen LogP contribution in [0.4, 0.5) is 0 Å². The van der Waals surface area contributed by atoms with Crippen LogP contribution in [0.3, 0.4) is 0 Å². The van der Waals surface area contributed by atoms with E-state index in [-0.39, 0.29) is 6.54 Å². The normalized spacial score (nSPS) is 10.6. The summed E-state index contributed by atoms with van der Waals surface area (Å²) in [6.07, 6.45) is 0. The van der Waals surface area contributed by atoms with Gasteiger partial charge < -0.3 is 14.7 Å². The predicted molar refractivity (Wildman–Crippen MR) is 78.0 cm³/mol. The Morgan fingerprint density at radius 2 is 2.15 bits per heavy atom. The van der Waals surface area contributed by atoms with E-state index in [9.17, 15) is 9.59 Å². The zero-order valence-electron chi connectivity index (χ0n) is 10.8. The number of ether oxygens (including phenoxy) is 1. The molecule has 0 aliphatic carbocycles. The molecule has 5 nitrogen and oxygen atoms in total. The number of rotatable bonds is 4. The number of hydrogen-bond donors (Lipinski definition) is 1. The minimum absolute atomic E-state index is 0.325. The number of halogens is 1. The molecule has 0 saturated carbocycles. The predicted octanol–water partition coefficient (Wildman–Crippen LogP) is 2.72. The minimum atomic E-state index is -1.07. The Balaban J connectivity index is 2.42. The van der Waals surface area contributed by atoms with E-state index in [4.69, 9.17) is 21.4 Å². The van der Waals surface area contributed by atoms with Crippen LogP contribution < -0.4 is 4.74 Å². The monoisotopic (exact) mass is 313 g/mol. The SMILES string of the molecule is COc1ccc2sc(C(=O)N(C)CC(=O)O)c(Cl)c2c1. The zero-order valence-corrected chi connectivity index (χ0v) is 12.4. The van der Waals surface area contributed by atoms with Gasteiger partial charge in [0.2, 0.25) is 0 Å². The van der Waals surface area contributed by atoms with Crippen LogP contribution in [0.2, 0.25) is 5.02 Å². The first-order chi connectivity index (χ1) is 9.43. The zero-order chi connectivity index (χ0) is 14.9. The average Bonchev–Trinajstić information content (AvgIpc) is 2.74. The van der Waals surface area contributed by atoms with Crippen LogP contribution in [0.5, 0.6) is 5.75 Å². The van der Waals surface area contributed by atoms with Gasteiger partial charge >= 0.3 is 5.97 Å². The van der Waals surface area contributed by atoms with Gasteiger partial charge in [0.15, 0.2) is 0 Å². The molecule has 2 aromatic rings. The lowest BCUT2D eigenvalue weighted by Crippen LogP contribution is -2.31. The van der Waals surface area contributed by atoms with Crippen LogP contribution in [-0.4, -0.2) is 42.6 Å². The number of carbonyl (C=O) groups is 2. The van der Waals surface area contributed by atoms with Crippen molar-refractivity contribution in [2.45, 2.75) is 0 Å². The van der Waals surface area contributed by atoms with Gasteiger partial charge in [0.1, 0.15) is 17.2 Å². The molecule has 0 saturated heterocycles. The lowest BCUT2D eigenvalue weighted by Gasteiger charge is -2.13. The number of carboxylic acids is 1. The molecule has 7 heteroatoms. The molecule has 0 aliphatic heterocycles. The van der Waals surface area contributed by atoms with Crippen molar-refractivity contribution in [2.24, 2.45) is 0 Å². The highest BCUT2D eigenvalue weighted by atomic mass is 35.5.